The summed E-state index contributed by atoms with van der Waals surface area (Å²) >= 11 is 0. The highest BCUT2D eigenvalue weighted by Crippen LogP contribution is 2.35. The minimum Gasteiger partial charge on any atom is -0.337 e. The number of nitrogens with zero attached hydrogens (tertiary/aromatic N) is 4. The first-order valence-corrected chi connectivity index (χ1v) is 10.1. The van der Waals surface area contributed by atoms with Gasteiger partial charge in [-0.15, -0.1) is 0 Å². The zero-order chi connectivity index (χ0) is 19.5. The van der Waals surface area contributed by atoms with E-state index < -0.39 is 0 Å². The molecule has 1 N–H and O–H groups in total. The van der Waals surface area contributed by atoms with E-state index in [9.17, 15) is 4.79 Å². The van der Waals surface area contributed by atoms with Gasteiger partial charge in [-0.1, -0.05) is 6.58 Å². The first kappa shape index (κ1) is 18.5. The summed E-state index contributed by atoms with van der Waals surface area (Å²) in [5.74, 6) is 1.18. The largest absolute Gasteiger partial charge is 0.337 e. The van der Waals surface area contributed by atoms with Gasteiger partial charge in [0.2, 0.25) is 0 Å². The maximum Gasteiger partial charge on any atom is 0.270 e. The molecule has 1 amide bonds. The molecule has 1 fully saturated rings. The first-order valence-electron chi connectivity index (χ1n) is 10.1. The maximum absolute atomic E-state index is 12.9. The summed E-state index contributed by atoms with van der Waals surface area (Å²) in [6.07, 6.45) is 6.93. The molecule has 0 unspecified atom stereocenters. The second-order valence-electron chi connectivity index (χ2n) is 7.53. The smallest absolute Gasteiger partial charge is 0.270 e. The number of rotatable bonds is 4. The van der Waals surface area contributed by atoms with E-state index in [1.807, 2.05) is 17.9 Å². The Kier molecular flexibility index (Phi) is 5.28. The normalized spacial score (nSPS) is 17.0. The van der Waals surface area contributed by atoms with E-state index in [1.165, 1.54) is 18.2 Å². The number of aryl methyl sites for hydroxylation is 2. The van der Waals surface area contributed by atoms with Crippen LogP contribution in [0, 0.1) is 6.92 Å². The number of nitrogens with one attached hydrogen (secondary N) is 1. The van der Waals surface area contributed by atoms with Crippen LogP contribution in [0.1, 0.15) is 47.3 Å². The van der Waals surface area contributed by atoms with Gasteiger partial charge in [-0.3, -0.25) is 4.79 Å². The lowest BCUT2D eigenvalue weighted by molar-refractivity contribution is 0.0719. The lowest BCUT2D eigenvalue weighted by Crippen LogP contribution is -2.35. The molecular formula is C22H27N5O. The van der Waals surface area contributed by atoms with Crippen LogP contribution >= 0.6 is 0 Å². The molecule has 0 saturated carbocycles. The van der Waals surface area contributed by atoms with E-state index in [0.29, 0.717) is 5.69 Å². The third kappa shape index (κ3) is 3.59. The fourth-order valence-electron chi connectivity index (χ4n) is 4.12. The summed E-state index contributed by atoms with van der Waals surface area (Å²) in [5, 5.41) is 8.04. The van der Waals surface area contributed by atoms with Crippen molar-refractivity contribution in [2.24, 2.45) is 10.2 Å². The third-order valence-corrected chi connectivity index (χ3v) is 5.59. The second-order valence-corrected chi connectivity index (χ2v) is 7.53. The van der Waals surface area contributed by atoms with E-state index >= 15 is 0 Å². The molecule has 0 aliphatic carbocycles. The Morgan fingerprint density at radius 3 is 2.71 bits per heavy atom. The van der Waals surface area contributed by atoms with Gasteiger partial charge in [0, 0.05) is 31.5 Å². The van der Waals surface area contributed by atoms with Gasteiger partial charge >= 0.3 is 0 Å². The van der Waals surface area contributed by atoms with Gasteiger partial charge in [-0.25, -0.2) is 0 Å². The van der Waals surface area contributed by atoms with Gasteiger partial charge < -0.3 is 14.8 Å². The number of anilines is 2. The van der Waals surface area contributed by atoms with Crippen LogP contribution in [-0.2, 0) is 6.42 Å². The summed E-state index contributed by atoms with van der Waals surface area (Å²) < 4.78 is 0. The minimum absolute atomic E-state index is 0.130. The van der Waals surface area contributed by atoms with Crippen molar-refractivity contribution in [2.45, 2.75) is 39.0 Å². The van der Waals surface area contributed by atoms with Crippen LogP contribution < -0.4 is 4.90 Å². The molecule has 0 radical (unpaired) electrons. The lowest BCUT2D eigenvalue weighted by Gasteiger charge is -2.29. The molecule has 0 atom stereocenters. The quantitative estimate of drug-likeness (QED) is 0.739. The van der Waals surface area contributed by atoms with Gasteiger partial charge in [-0.05, 0) is 74.4 Å². The molecule has 4 rings (SSSR count). The van der Waals surface area contributed by atoms with E-state index in [-0.39, 0.29) is 5.91 Å². The number of piperidine rings is 1. The Labute approximate surface area is 166 Å². The average Bonchev–Trinajstić information content (AvgIpc) is 3.17. The SMILES string of the molecule is C=CN=Nc1ccc(N2CCCc3cc(C(=O)N4CCCCC4)[nH]c32)cc1C. The van der Waals surface area contributed by atoms with E-state index in [0.717, 1.165) is 68.1 Å². The number of amides is 1. The Morgan fingerprint density at radius 1 is 1.14 bits per heavy atom. The van der Waals surface area contributed by atoms with Crippen molar-refractivity contribution in [3.05, 3.63) is 53.9 Å². The number of likely N-dealkylation sites (tertiary alicyclic amines) is 1. The molecule has 0 spiro atoms. The number of aromatic nitrogens is 1. The molecule has 0 bridgehead atoms. The summed E-state index contributed by atoms with van der Waals surface area (Å²) in [7, 11) is 0. The highest BCUT2D eigenvalue weighted by molar-refractivity contribution is 5.94. The van der Waals surface area contributed by atoms with Crippen LogP contribution in [0.4, 0.5) is 17.2 Å². The number of carbonyl (C=O) groups is 1. The van der Waals surface area contributed by atoms with Crippen molar-refractivity contribution in [3.63, 3.8) is 0 Å². The Hall–Kier alpha value is -2.89. The van der Waals surface area contributed by atoms with E-state index in [4.69, 9.17) is 0 Å². The number of carbonyl (C=O) groups excluding carboxylic acids is 1. The average molecular weight is 377 g/mol. The fraction of sp³-hybridized carbons (Fsp3) is 0.409. The van der Waals surface area contributed by atoms with Crippen molar-refractivity contribution in [1.82, 2.24) is 9.88 Å². The predicted molar refractivity (Wildman–Crippen MR) is 112 cm³/mol. The summed E-state index contributed by atoms with van der Waals surface area (Å²) in [6.45, 7) is 8.26. The monoisotopic (exact) mass is 377 g/mol. The topological polar surface area (TPSA) is 64.1 Å². The fourth-order valence-corrected chi connectivity index (χ4v) is 4.12. The van der Waals surface area contributed by atoms with E-state index in [1.54, 1.807) is 0 Å². The molecule has 2 aromatic rings. The standard InChI is InChI=1S/C22H27N5O/c1-3-23-25-19-10-9-18(14-16(19)2)27-13-7-8-17-15-20(24-21(17)27)22(28)26-11-5-4-6-12-26/h3,9-10,14-15,24H,1,4-8,11-13H2,2H3. The van der Waals surface area contributed by atoms with Crippen LogP contribution in [0.25, 0.3) is 0 Å². The Bertz CT molecular complexity index is 908. The molecule has 6 heteroatoms. The summed E-state index contributed by atoms with van der Waals surface area (Å²) in [6, 6.07) is 8.22. The molecule has 2 aliphatic rings. The third-order valence-electron chi connectivity index (χ3n) is 5.59. The molecule has 6 nitrogen and oxygen atoms in total. The molecule has 3 heterocycles. The Balaban J connectivity index is 1.61. The number of H-pyrrole nitrogens is 1. The van der Waals surface area contributed by atoms with Gasteiger partial charge in [-0.2, -0.15) is 10.2 Å². The highest BCUT2D eigenvalue weighted by atomic mass is 16.2. The molecular weight excluding hydrogens is 350 g/mol. The van der Waals surface area contributed by atoms with E-state index in [2.05, 4.69) is 44.9 Å². The van der Waals surface area contributed by atoms with Crippen molar-refractivity contribution in [3.8, 4) is 0 Å². The number of hydrogen-bond donors (Lipinski definition) is 1. The van der Waals surface area contributed by atoms with Crippen LogP contribution in [0.15, 0.2) is 47.3 Å². The molecule has 1 saturated heterocycles. The van der Waals surface area contributed by atoms with Crippen molar-refractivity contribution >= 4 is 23.1 Å². The first-order chi connectivity index (χ1) is 13.7. The van der Waals surface area contributed by atoms with Crippen molar-refractivity contribution < 1.29 is 4.79 Å². The van der Waals surface area contributed by atoms with Crippen LogP contribution in [-0.4, -0.2) is 35.4 Å². The minimum atomic E-state index is 0.130. The number of azo groups is 1. The zero-order valence-electron chi connectivity index (χ0n) is 16.4. The zero-order valence-corrected chi connectivity index (χ0v) is 16.4. The predicted octanol–water partition coefficient (Wildman–Crippen LogP) is 5.26. The number of benzene rings is 1. The summed E-state index contributed by atoms with van der Waals surface area (Å²) in [4.78, 5) is 20.6. The number of aromatic amines is 1. The number of hydrogen-bond acceptors (Lipinski definition) is 4. The van der Waals surface area contributed by atoms with Crippen LogP contribution in [0.5, 0.6) is 0 Å². The molecule has 1 aromatic heterocycles. The second kappa shape index (κ2) is 8.00. The van der Waals surface area contributed by atoms with Gasteiger partial charge in [0.1, 0.15) is 11.5 Å². The lowest BCUT2D eigenvalue weighted by atomic mass is 10.1. The number of fused-ring (bicyclic) bond motifs is 1. The van der Waals surface area contributed by atoms with Gasteiger partial charge in [0.05, 0.1) is 5.69 Å². The van der Waals surface area contributed by atoms with Crippen molar-refractivity contribution in [1.29, 1.82) is 0 Å². The Morgan fingerprint density at radius 2 is 1.96 bits per heavy atom. The van der Waals surface area contributed by atoms with Crippen molar-refractivity contribution in [2.75, 3.05) is 24.5 Å². The summed E-state index contributed by atoms with van der Waals surface area (Å²) in [5.41, 5.74) is 4.95. The van der Waals surface area contributed by atoms with Crippen LogP contribution in [0.3, 0.4) is 0 Å². The molecule has 146 valence electrons. The molecule has 2 aliphatic heterocycles. The maximum atomic E-state index is 12.9. The highest BCUT2D eigenvalue weighted by Gasteiger charge is 2.26. The van der Waals surface area contributed by atoms with Gasteiger partial charge in [0.25, 0.3) is 5.91 Å². The van der Waals surface area contributed by atoms with Gasteiger partial charge in [0.15, 0.2) is 0 Å². The molecule has 1 aromatic carbocycles. The molecule has 28 heavy (non-hydrogen) atoms. The van der Waals surface area contributed by atoms with Crippen LogP contribution in [0.2, 0.25) is 0 Å².